The fraction of sp³-hybridized carbons (Fsp3) is 0.0238. The Morgan fingerprint density at radius 2 is 1.28 bits per heavy atom. The van der Waals surface area contributed by atoms with Gasteiger partial charge in [0, 0.05) is 28.7 Å². The summed E-state index contributed by atoms with van der Waals surface area (Å²) in [5.41, 5.74) is 9.87. The third kappa shape index (κ3) is 4.77. The molecule has 0 amide bonds. The molecule has 0 aliphatic carbocycles. The highest BCUT2D eigenvalue weighted by atomic mass is 15.2. The zero-order valence-electron chi connectivity index (χ0n) is 26.0. The molecule has 8 rings (SSSR count). The Bertz CT molecular complexity index is 2470. The SMILES string of the molecule is C=C/C=C\C=C(/C)c1c2ccccc2c(-c2ccccn2)c2nc(-c3nc4ccccc4n3-c3ccccc3)n(-c3ccccc3)c12. The zero-order chi connectivity index (χ0) is 31.7. The van der Waals surface area contributed by atoms with E-state index >= 15 is 0 Å². The first-order valence-corrected chi connectivity index (χ1v) is 15.7. The summed E-state index contributed by atoms with van der Waals surface area (Å²) < 4.78 is 4.49. The minimum Gasteiger partial charge on any atom is -0.290 e. The Kier molecular flexibility index (Phi) is 7.12. The van der Waals surface area contributed by atoms with Gasteiger partial charge in [0.15, 0.2) is 11.6 Å². The second-order valence-electron chi connectivity index (χ2n) is 11.4. The average Bonchev–Trinajstić information content (AvgIpc) is 3.71. The lowest BCUT2D eigenvalue weighted by Gasteiger charge is -2.17. The quantitative estimate of drug-likeness (QED) is 0.170. The van der Waals surface area contributed by atoms with E-state index in [0.717, 1.165) is 78.3 Å². The lowest BCUT2D eigenvalue weighted by molar-refractivity contribution is 1.02. The smallest absolute Gasteiger partial charge is 0.182 e. The van der Waals surface area contributed by atoms with Crippen LogP contribution < -0.4 is 0 Å². The van der Waals surface area contributed by atoms with Gasteiger partial charge in [0.1, 0.15) is 5.52 Å². The standard InChI is InChI=1S/C42H31N5/c1-3-4-7-18-29(2)37-32-23-12-13-24-33(32)38(35-26-16-17-28-43-35)39-40(37)47(31-21-10-6-11-22-31)42(45-39)41-44-34-25-14-15-27-36(34)46(41)30-19-8-5-9-20-30/h3-28H,1H2,2H3/b7-4-,29-18+. The minimum absolute atomic E-state index is 0.745. The molecule has 0 atom stereocenters. The third-order valence-corrected chi connectivity index (χ3v) is 8.52. The van der Waals surface area contributed by atoms with Gasteiger partial charge in [-0.3, -0.25) is 14.1 Å². The van der Waals surface area contributed by atoms with Gasteiger partial charge in [0.25, 0.3) is 0 Å². The summed E-state index contributed by atoms with van der Waals surface area (Å²) in [5.74, 6) is 1.50. The highest BCUT2D eigenvalue weighted by Crippen LogP contribution is 2.44. The number of para-hydroxylation sites is 4. The van der Waals surface area contributed by atoms with Crippen LogP contribution in [0.1, 0.15) is 12.5 Å². The van der Waals surface area contributed by atoms with Crippen molar-refractivity contribution in [2.75, 3.05) is 0 Å². The van der Waals surface area contributed by atoms with Crippen LogP contribution in [0, 0.1) is 0 Å². The largest absolute Gasteiger partial charge is 0.290 e. The fourth-order valence-electron chi connectivity index (χ4n) is 6.52. The summed E-state index contributed by atoms with van der Waals surface area (Å²) in [4.78, 5) is 15.7. The first kappa shape index (κ1) is 28.2. The zero-order valence-corrected chi connectivity index (χ0v) is 26.0. The third-order valence-electron chi connectivity index (χ3n) is 8.52. The van der Waals surface area contributed by atoms with E-state index in [1.165, 1.54) is 0 Å². The van der Waals surface area contributed by atoms with Crippen molar-refractivity contribution < 1.29 is 0 Å². The predicted molar refractivity (Wildman–Crippen MR) is 195 cm³/mol. The van der Waals surface area contributed by atoms with Crippen LogP contribution in [0.2, 0.25) is 0 Å². The topological polar surface area (TPSA) is 48.5 Å². The van der Waals surface area contributed by atoms with Gasteiger partial charge in [-0.15, -0.1) is 0 Å². The normalized spacial score (nSPS) is 12.1. The molecule has 0 bridgehead atoms. The molecule has 47 heavy (non-hydrogen) atoms. The Labute approximate surface area is 273 Å². The summed E-state index contributed by atoms with van der Waals surface area (Å²) in [6, 6.07) is 43.7. The number of hydrogen-bond donors (Lipinski definition) is 0. The van der Waals surface area contributed by atoms with Gasteiger partial charge in [0.2, 0.25) is 0 Å². The van der Waals surface area contributed by atoms with E-state index in [0.29, 0.717) is 0 Å². The highest BCUT2D eigenvalue weighted by molar-refractivity contribution is 6.17. The average molecular weight is 606 g/mol. The molecule has 0 saturated carbocycles. The molecule has 0 N–H and O–H groups in total. The molecular weight excluding hydrogens is 574 g/mol. The number of hydrogen-bond acceptors (Lipinski definition) is 3. The van der Waals surface area contributed by atoms with Crippen molar-refractivity contribution in [1.82, 2.24) is 24.1 Å². The molecule has 0 radical (unpaired) electrons. The van der Waals surface area contributed by atoms with E-state index in [4.69, 9.17) is 15.0 Å². The number of aromatic nitrogens is 5. The van der Waals surface area contributed by atoms with E-state index in [-0.39, 0.29) is 0 Å². The molecule has 5 heteroatoms. The van der Waals surface area contributed by atoms with Crippen LogP contribution >= 0.6 is 0 Å². The summed E-state index contributed by atoms with van der Waals surface area (Å²) in [6.07, 6.45) is 9.77. The first-order chi connectivity index (χ1) is 23.2. The van der Waals surface area contributed by atoms with Crippen LogP contribution in [-0.4, -0.2) is 24.1 Å². The van der Waals surface area contributed by atoms with Crippen molar-refractivity contribution in [2.24, 2.45) is 0 Å². The van der Waals surface area contributed by atoms with E-state index in [1.54, 1.807) is 6.08 Å². The maximum absolute atomic E-state index is 5.58. The molecule has 5 aromatic carbocycles. The molecule has 0 fully saturated rings. The highest BCUT2D eigenvalue weighted by Gasteiger charge is 2.28. The summed E-state index contributed by atoms with van der Waals surface area (Å²) >= 11 is 0. The van der Waals surface area contributed by atoms with Gasteiger partial charge in [-0.1, -0.05) is 110 Å². The maximum atomic E-state index is 5.58. The lowest BCUT2D eigenvalue weighted by atomic mass is 9.91. The van der Waals surface area contributed by atoms with Gasteiger partial charge in [-0.05, 0) is 71.8 Å². The Balaban J connectivity index is 1.61. The Hall–Kier alpha value is -6.33. The molecule has 0 aliphatic rings. The van der Waals surface area contributed by atoms with Crippen molar-refractivity contribution in [3.8, 4) is 34.3 Å². The molecule has 5 nitrogen and oxygen atoms in total. The molecule has 3 heterocycles. The van der Waals surface area contributed by atoms with E-state index < -0.39 is 0 Å². The molecular formula is C42H31N5. The molecule has 0 spiro atoms. The molecule has 224 valence electrons. The number of allylic oxidation sites excluding steroid dienone is 5. The summed E-state index contributed by atoms with van der Waals surface area (Å²) in [6.45, 7) is 6.03. The predicted octanol–water partition coefficient (Wildman–Crippen LogP) is 10.4. The van der Waals surface area contributed by atoms with E-state index in [9.17, 15) is 0 Å². The monoisotopic (exact) mass is 605 g/mol. The second-order valence-corrected chi connectivity index (χ2v) is 11.4. The van der Waals surface area contributed by atoms with Crippen LogP contribution in [0.4, 0.5) is 0 Å². The number of benzene rings is 5. The first-order valence-electron chi connectivity index (χ1n) is 15.7. The number of fused-ring (bicyclic) bond motifs is 3. The number of pyridine rings is 1. The van der Waals surface area contributed by atoms with Gasteiger partial charge in [-0.2, -0.15) is 0 Å². The van der Waals surface area contributed by atoms with Gasteiger partial charge in [-0.25, -0.2) is 9.97 Å². The van der Waals surface area contributed by atoms with E-state index in [2.05, 4.69) is 126 Å². The maximum Gasteiger partial charge on any atom is 0.182 e. The molecule has 0 unspecified atom stereocenters. The molecule has 3 aromatic heterocycles. The van der Waals surface area contributed by atoms with Crippen molar-refractivity contribution in [1.29, 1.82) is 0 Å². The fourth-order valence-corrected chi connectivity index (χ4v) is 6.52. The van der Waals surface area contributed by atoms with Gasteiger partial charge < -0.3 is 0 Å². The molecule has 0 aliphatic heterocycles. The van der Waals surface area contributed by atoms with Crippen molar-refractivity contribution in [3.05, 3.63) is 170 Å². The van der Waals surface area contributed by atoms with E-state index in [1.807, 2.05) is 48.7 Å². The summed E-state index contributed by atoms with van der Waals surface area (Å²) in [5, 5.41) is 2.22. The van der Waals surface area contributed by atoms with Crippen LogP contribution in [0.5, 0.6) is 0 Å². The van der Waals surface area contributed by atoms with Crippen molar-refractivity contribution in [3.63, 3.8) is 0 Å². The van der Waals surface area contributed by atoms with Crippen molar-refractivity contribution >= 4 is 38.4 Å². The van der Waals surface area contributed by atoms with Gasteiger partial charge in [0.05, 0.1) is 22.2 Å². The van der Waals surface area contributed by atoms with Crippen LogP contribution in [-0.2, 0) is 0 Å². The second kappa shape index (κ2) is 11.9. The van der Waals surface area contributed by atoms with Crippen LogP contribution in [0.15, 0.2) is 164 Å². The number of rotatable bonds is 7. The lowest BCUT2D eigenvalue weighted by Crippen LogP contribution is -2.04. The molecule has 0 saturated heterocycles. The van der Waals surface area contributed by atoms with Gasteiger partial charge >= 0.3 is 0 Å². The summed E-state index contributed by atoms with van der Waals surface area (Å²) in [7, 11) is 0. The number of nitrogens with zero attached hydrogens (tertiary/aromatic N) is 5. The van der Waals surface area contributed by atoms with Crippen molar-refractivity contribution in [2.45, 2.75) is 6.92 Å². The van der Waals surface area contributed by atoms with Crippen LogP contribution in [0.25, 0.3) is 72.7 Å². The Morgan fingerprint density at radius 1 is 0.638 bits per heavy atom. The molecule has 8 aromatic rings. The van der Waals surface area contributed by atoms with Crippen LogP contribution in [0.3, 0.4) is 0 Å². The Morgan fingerprint density at radius 3 is 2.00 bits per heavy atom. The number of imidazole rings is 2. The minimum atomic E-state index is 0.745.